The smallest absolute Gasteiger partial charge is 0.251 e. The molecule has 0 aromatic carbocycles. The Morgan fingerprint density at radius 1 is 1.44 bits per heavy atom. The highest BCUT2D eigenvalue weighted by molar-refractivity contribution is 7.71. The van der Waals surface area contributed by atoms with Crippen LogP contribution in [0.3, 0.4) is 0 Å². The Morgan fingerprint density at radius 2 is 2.25 bits per heavy atom. The van der Waals surface area contributed by atoms with Gasteiger partial charge in [-0.1, -0.05) is 6.07 Å². The van der Waals surface area contributed by atoms with Gasteiger partial charge >= 0.3 is 0 Å². The van der Waals surface area contributed by atoms with Gasteiger partial charge in [0, 0.05) is 24.2 Å². The van der Waals surface area contributed by atoms with Crippen LogP contribution >= 0.6 is 12.2 Å². The Bertz CT molecular complexity index is 598. The van der Waals surface area contributed by atoms with E-state index in [1.54, 1.807) is 10.8 Å². The second-order valence-electron chi connectivity index (χ2n) is 3.55. The van der Waals surface area contributed by atoms with Crippen LogP contribution in [-0.4, -0.2) is 14.5 Å². The van der Waals surface area contributed by atoms with Gasteiger partial charge in [0.1, 0.15) is 0 Å². The molecule has 5 heteroatoms. The van der Waals surface area contributed by atoms with Gasteiger partial charge in [-0.05, 0) is 30.8 Å². The van der Waals surface area contributed by atoms with Gasteiger partial charge in [-0.15, -0.1) is 0 Å². The molecule has 0 amide bonds. The van der Waals surface area contributed by atoms with Crippen molar-refractivity contribution in [3.63, 3.8) is 0 Å². The summed E-state index contributed by atoms with van der Waals surface area (Å²) in [4.78, 5) is 17.8. The summed E-state index contributed by atoms with van der Waals surface area (Å²) in [5.74, 6) is 0. The second kappa shape index (κ2) is 4.40. The van der Waals surface area contributed by atoms with E-state index < -0.39 is 0 Å². The van der Waals surface area contributed by atoms with E-state index >= 15 is 0 Å². The number of hydrogen-bond acceptors (Lipinski definition) is 3. The molecule has 82 valence electrons. The summed E-state index contributed by atoms with van der Waals surface area (Å²) in [6.45, 7) is 2.55. The molecule has 0 fully saturated rings. The molecule has 0 aliphatic rings. The third-order valence-electron chi connectivity index (χ3n) is 2.22. The van der Waals surface area contributed by atoms with E-state index in [0.717, 1.165) is 11.3 Å². The Morgan fingerprint density at radius 3 is 2.88 bits per heavy atom. The number of aromatic amines is 1. The molecular formula is C11H11N3OS. The normalized spacial score (nSPS) is 10.3. The van der Waals surface area contributed by atoms with Crippen LogP contribution in [0, 0.1) is 11.7 Å². The molecule has 0 spiro atoms. The van der Waals surface area contributed by atoms with E-state index in [4.69, 9.17) is 12.2 Å². The summed E-state index contributed by atoms with van der Waals surface area (Å²) in [5, 5.41) is 0. The van der Waals surface area contributed by atoms with Gasteiger partial charge in [-0.2, -0.15) is 0 Å². The molecule has 2 aromatic rings. The SMILES string of the molecule is Cc1ccc(Cn2ccc(=O)[nH]c2=S)cn1. The molecule has 0 atom stereocenters. The molecule has 0 aliphatic heterocycles. The van der Waals surface area contributed by atoms with Gasteiger partial charge < -0.3 is 4.57 Å². The van der Waals surface area contributed by atoms with E-state index in [9.17, 15) is 4.79 Å². The zero-order chi connectivity index (χ0) is 11.5. The first-order valence-electron chi connectivity index (χ1n) is 4.86. The number of nitrogens with zero attached hydrogens (tertiary/aromatic N) is 2. The van der Waals surface area contributed by atoms with E-state index in [0.29, 0.717) is 11.3 Å². The molecule has 0 bridgehead atoms. The fourth-order valence-electron chi connectivity index (χ4n) is 1.36. The quantitative estimate of drug-likeness (QED) is 0.802. The summed E-state index contributed by atoms with van der Waals surface area (Å²) in [5.41, 5.74) is 1.85. The molecule has 4 nitrogen and oxygen atoms in total. The molecule has 2 rings (SSSR count). The predicted octanol–water partition coefficient (Wildman–Crippen LogP) is 1.66. The van der Waals surface area contributed by atoms with Crippen molar-refractivity contribution < 1.29 is 0 Å². The van der Waals surface area contributed by atoms with E-state index in [1.807, 2.05) is 25.3 Å². The van der Waals surface area contributed by atoms with Crippen molar-refractivity contribution >= 4 is 12.2 Å². The van der Waals surface area contributed by atoms with Crippen molar-refractivity contribution in [2.75, 3.05) is 0 Å². The Kier molecular flexibility index (Phi) is 2.96. The summed E-state index contributed by atoms with van der Waals surface area (Å²) in [6, 6.07) is 5.40. The van der Waals surface area contributed by atoms with Gasteiger partial charge in [-0.3, -0.25) is 14.8 Å². The highest BCUT2D eigenvalue weighted by Crippen LogP contribution is 2.02. The third kappa shape index (κ3) is 2.43. The van der Waals surface area contributed by atoms with Crippen LogP contribution in [0.15, 0.2) is 35.4 Å². The lowest BCUT2D eigenvalue weighted by Gasteiger charge is -2.05. The molecule has 0 radical (unpaired) electrons. The molecule has 0 unspecified atom stereocenters. The fraction of sp³-hybridized carbons (Fsp3) is 0.182. The van der Waals surface area contributed by atoms with Gasteiger partial charge in [0.25, 0.3) is 5.56 Å². The number of H-pyrrole nitrogens is 1. The maximum Gasteiger partial charge on any atom is 0.251 e. The zero-order valence-corrected chi connectivity index (χ0v) is 9.62. The average Bonchev–Trinajstić information content (AvgIpc) is 2.25. The molecule has 16 heavy (non-hydrogen) atoms. The van der Waals surface area contributed by atoms with Crippen LogP contribution < -0.4 is 5.56 Å². The zero-order valence-electron chi connectivity index (χ0n) is 8.80. The monoisotopic (exact) mass is 233 g/mol. The highest BCUT2D eigenvalue weighted by Gasteiger charge is 1.96. The van der Waals surface area contributed by atoms with Crippen molar-refractivity contribution in [1.29, 1.82) is 0 Å². The number of rotatable bonds is 2. The average molecular weight is 233 g/mol. The first kappa shape index (κ1) is 10.8. The van der Waals surface area contributed by atoms with Crippen LogP contribution in [0.4, 0.5) is 0 Å². The second-order valence-corrected chi connectivity index (χ2v) is 3.93. The minimum absolute atomic E-state index is 0.178. The van der Waals surface area contributed by atoms with Gasteiger partial charge in [-0.25, -0.2) is 0 Å². The fourth-order valence-corrected chi connectivity index (χ4v) is 1.58. The Labute approximate surface area is 97.6 Å². The molecule has 2 aromatic heterocycles. The Hall–Kier alpha value is -1.75. The third-order valence-corrected chi connectivity index (χ3v) is 2.56. The highest BCUT2D eigenvalue weighted by atomic mass is 32.1. The molecule has 0 saturated carbocycles. The van der Waals surface area contributed by atoms with Crippen molar-refractivity contribution in [2.24, 2.45) is 0 Å². The van der Waals surface area contributed by atoms with Crippen molar-refractivity contribution in [3.8, 4) is 0 Å². The number of hydrogen-bond donors (Lipinski definition) is 1. The lowest BCUT2D eigenvalue weighted by Crippen LogP contribution is -2.11. The van der Waals surface area contributed by atoms with Crippen molar-refractivity contribution in [3.05, 3.63) is 57.0 Å². The lowest BCUT2D eigenvalue weighted by atomic mass is 10.2. The van der Waals surface area contributed by atoms with Crippen LogP contribution in [0.2, 0.25) is 0 Å². The van der Waals surface area contributed by atoms with Gasteiger partial charge in [0.15, 0.2) is 4.77 Å². The van der Waals surface area contributed by atoms with Gasteiger partial charge in [0.05, 0.1) is 6.54 Å². The van der Waals surface area contributed by atoms with Gasteiger partial charge in [0.2, 0.25) is 0 Å². The van der Waals surface area contributed by atoms with Crippen LogP contribution in [-0.2, 0) is 6.54 Å². The minimum Gasteiger partial charge on any atom is -0.321 e. The Balaban J connectivity index is 2.30. The molecule has 0 aliphatic carbocycles. The molecule has 0 saturated heterocycles. The largest absolute Gasteiger partial charge is 0.321 e. The molecule has 2 heterocycles. The first-order valence-corrected chi connectivity index (χ1v) is 5.27. The lowest BCUT2D eigenvalue weighted by molar-refractivity contribution is 0.742. The van der Waals surface area contributed by atoms with E-state index in [1.165, 1.54) is 6.07 Å². The maximum absolute atomic E-state index is 11.0. The topological polar surface area (TPSA) is 50.7 Å². The van der Waals surface area contributed by atoms with E-state index in [-0.39, 0.29) is 5.56 Å². The number of pyridine rings is 1. The summed E-state index contributed by atoms with van der Waals surface area (Å²) >= 11 is 5.05. The van der Waals surface area contributed by atoms with E-state index in [2.05, 4.69) is 9.97 Å². The maximum atomic E-state index is 11.0. The molecular weight excluding hydrogens is 222 g/mol. The number of aryl methyl sites for hydroxylation is 1. The standard InChI is InChI=1S/C11H11N3OS/c1-8-2-3-9(6-12-8)7-14-5-4-10(15)13-11(14)16/h2-6H,7H2,1H3,(H,13,15,16). The number of aromatic nitrogens is 3. The van der Waals surface area contributed by atoms with Crippen LogP contribution in [0.25, 0.3) is 0 Å². The minimum atomic E-state index is -0.178. The first-order chi connectivity index (χ1) is 7.65. The van der Waals surface area contributed by atoms with Crippen molar-refractivity contribution in [1.82, 2.24) is 14.5 Å². The molecule has 1 N–H and O–H groups in total. The van der Waals surface area contributed by atoms with Crippen molar-refractivity contribution in [2.45, 2.75) is 13.5 Å². The summed E-state index contributed by atoms with van der Waals surface area (Å²) < 4.78 is 2.22. The van der Waals surface area contributed by atoms with Crippen LogP contribution in [0.1, 0.15) is 11.3 Å². The summed E-state index contributed by atoms with van der Waals surface area (Å²) in [6.07, 6.45) is 3.49. The predicted molar refractivity (Wildman–Crippen MR) is 64.0 cm³/mol. The van der Waals surface area contributed by atoms with Crippen LogP contribution in [0.5, 0.6) is 0 Å². The number of nitrogens with one attached hydrogen (secondary N) is 1. The summed E-state index contributed by atoms with van der Waals surface area (Å²) in [7, 11) is 0.